The molecule has 0 atom stereocenters. The van der Waals surface area contributed by atoms with Gasteiger partial charge >= 0.3 is 5.97 Å². The van der Waals surface area contributed by atoms with Crippen LogP contribution in [0.4, 0.5) is 0 Å². The SMILES string of the molecule is CCc1cc(/C=C/C(=O)O)cc(C(C)C)c1. The Morgan fingerprint density at radius 1 is 1.38 bits per heavy atom. The van der Waals surface area contributed by atoms with Gasteiger partial charge < -0.3 is 5.11 Å². The first-order valence-corrected chi connectivity index (χ1v) is 5.57. The van der Waals surface area contributed by atoms with E-state index in [-0.39, 0.29) is 0 Å². The molecule has 2 nitrogen and oxygen atoms in total. The fourth-order valence-electron chi connectivity index (χ4n) is 1.55. The lowest BCUT2D eigenvalue weighted by atomic mass is 9.96. The van der Waals surface area contributed by atoms with Crippen LogP contribution in [0.1, 0.15) is 43.4 Å². The largest absolute Gasteiger partial charge is 0.478 e. The Kier molecular flexibility index (Phi) is 4.29. The second-order valence-electron chi connectivity index (χ2n) is 4.19. The lowest BCUT2D eigenvalue weighted by molar-refractivity contribution is -0.131. The maximum Gasteiger partial charge on any atom is 0.328 e. The van der Waals surface area contributed by atoms with Crippen LogP contribution in [0.3, 0.4) is 0 Å². The van der Waals surface area contributed by atoms with Crippen molar-refractivity contribution in [1.82, 2.24) is 0 Å². The molecule has 0 heterocycles. The summed E-state index contributed by atoms with van der Waals surface area (Å²) in [6.45, 7) is 6.38. The van der Waals surface area contributed by atoms with Crippen molar-refractivity contribution in [2.75, 3.05) is 0 Å². The maximum absolute atomic E-state index is 10.5. The number of benzene rings is 1. The number of carbonyl (C=O) groups is 1. The molecule has 0 fully saturated rings. The van der Waals surface area contributed by atoms with E-state index in [1.807, 2.05) is 12.1 Å². The number of aliphatic carboxylic acids is 1. The summed E-state index contributed by atoms with van der Waals surface area (Å²) in [6, 6.07) is 6.26. The van der Waals surface area contributed by atoms with Crippen LogP contribution in [0, 0.1) is 0 Å². The molecule has 86 valence electrons. The summed E-state index contributed by atoms with van der Waals surface area (Å²) in [5.41, 5.74) is 3.46. The van der Waals surface area contributed by atoms with Crippen molar-refractivity contribution in [3.63, 3.8) is 0 Å². The van der Waals surface area contributed by atoms with E-state index in [0.29, 0.717) is 5.92 Å². The summed E-state index contributed by atoms with van der Waals surface area (Å²) in [6.07, 6.45) is 3.79. The minimum atomic E-state index is -0.909. The molecule has 0 aliphatic rings. The van der Waals surface area contributed by atoms with E-state index in [1.165, 1.54) is 17.2 Å². The summed E-state index contributed by atoms with van der Waals surface area (Å²) < 4.78 is 0. The first-order chi connectivity index (χ1) is 7.52. The predicted octanol–water partition coefficient (Wildman–Crippen LogP) is 3.47. The minimum absolute atomic E-state index is 0.462. The molecule has 0 aliphatic heterocycles. The normalized spacial score (nSPS) is 11.2. The number of hydrogen-bond donors (Lipinski definition) is 1. The number of rotatable bonds is 4. The molecule has 2 heteroatoms. The molecule has 1 aromatic rings. The van der Waals surface area contributed by atoms with Gasteiger partial charge in [-0.05, 0) is 35.1 Å². The van der Waals surface area contributed by atoms with Crippen molar-refractivity contribution in [2.24, 2.45) is 0 Å². The number of aryl methyl sites for hydroxylation is 1. The summed E-state index contributed by atoms with van der Waals surface area (Å²) in [5, 5.41) is 8.59. The fourth-order valence-corrected chi connectivity index (χ4v) is 1.55. The third-order valence-corrected chi connectivity index (χ3v) is 2.53. The van der Waals surface area contributed by atoms with E-state index < -0.39 is 5.97 Å². The quantitative estimate of drug-likeness (QED) is 0.786. The molecule has 1 aromatic carbocycles. The predicted molar refractivity (Wildman–Crippen MR) is 66.6 cm³/mol. The molecule has 1 rings (SSSR count). The van der Waals surface area contributed by atoms with Crippen molar-refractivity contribution >= 4 is 12.0 Å². The van der Waals surface area contributed by atoms with E-state index in [0.717, 1.165) is 12.0 Å². The van der Waals surface area contributed by atoms with Gasteiger partial charge in [0.25, 0.3) is 0 Å². The lowest BCUT2D eigenvalue weighted by Crippen LogP contribution is -1.92. The van der Waals surface area contributed by atoms with Crippen LogP contribution in [0.5, 0.6) is 0 Å². The Morgan fingerprint density at radius 2 is 2.06 bits per heavy atom. The van der Waals surface area contributed by atoms with E-state index in [2.05, 4.69) is 26.8 Å². The number of carboxylic acids is 1. The fraction of sp³-hybridized carbons (Fsp3) is 0.357. The van der Waals surface area contributed by atoms with Gasteiger partial charge in [-0.2, -0.15) is 0 Å². The Morgan fingerprint density at radius 3 is 2.56 bits per heavy atom. The van der Waals surface area contributed by atoms with Crippen molar-refractivity contribution in [3.05, 3.63) is 41.0 Å². The average Bonchev–Trinajstić information content (AvgIpc) is 2.25. The van der Waals surface area contributed by atoms with E-state index in [9.17, 15) is 4.79 Å². The first kappa shape index (κ1) is 12.5. The van der Waals surface area contributed by atoms with Gasteiger partial charge in [0.2, 0.25) is 0 Å². The van der Waals surface area contributed by atoms with Crippen LogP contribution in [0.25, 0.3) is 6.08 Å². The van der Waals surface area contributed by atoms with Crippen molar-refractivity contribution < 1.29 is 9.90 Å². The summed E-state index contributed by atoms with van der Waals surface area (Å²) in [4.78, 5) is 10.5. The van der Waals surface area contributed by atoms with Gasteiger partial charge in [0.05, 0.1) is 0 Å². The Balaban J connectivity index is 3.09. The van der Waals surface area contributed by atoms with Crippen LogP contribution >= 0.6 is 0 Å². The second-order valence-corrected chi connectivity index (χ2v) is 4.19. The Bertz CT molecular complexity index is 403. The molecule has 0 aromatic heterocycles. The standard InChI is InChI=1S/C14H18O2/c1-4-11-7-12(5-6-14(15)16)9-13(8-11)10(2)3/h5-10H,4H2,1-3H3,(H,15,16)/b6-5+. The van der Waals surface area contributed by atoms with Gasteiger partial charge in [-0.3, -0.25) is 0 Å². The second kappa shape index (κ2) is 5.50. The monoisotopic (exact) mass is 218 g/mol. The molecular formula is C14H18O2. The van der Waals surface area contributed by atoms with E-state index in [4.69, 9.17) is 5.11 Å². The van der Waals surface area contributed by atoms with Crippen LogP contribution < -0.4 is 0 Å². The van der Waals surface area contributed by atoms with Gasteiger partial charge in [-0.15, -0.1) is 0 Å². The van der Waals surface area contributed by atoms with Crippen LogP contribution in [0.15, 0.2) is 24.3 Å². The van der Waals surface area contributed by atoms with Gasteiger partial charge in [0.1, 0.15) is 0 Å². The Labute approximate surface area is 96.6 Å². The molecule has 0 bridgehead atoms. The van der Waals surface area contributed by atoms with Gasteiger partial charge in [0.15, 0.2) is 0 Å². The number of hydrogen-bond acceptors (Lipinski definition) is 1. The summed E-state index contributed by atoms with van der Waals surface area (Å²) in [7, 11) is 0. The van der Waals surface area contributed by atoms with Crippen LogP contribution in [-0.2, 0) is 11.2 Å². The van der Waals surface area contributed by atoms with Crippen LogP contribution in [0.2, 0.25) is 0 Å². The molecule has 0 aliphatic carbocycles. The topological polar surface area (TPSA) is 37.3 Å². The highest BCUT2D eigenvalue weighted by atomic mass is 16.4. The van der Waals surface area contributed by atoms with E-state index in [1.54, 1.807) is 6.08 Å². The van der Waals surface area contributed by atoms with Crippen molar-refractivity contribution in [2.45, 2.75) is 33.1 Å². The Hall–Kier alpha value is -1.57. The summed E-state index contributed by atoms with van der Waals surface area (Å²) in [5.74, 6) is -0.448. The molecule has 0 amide bonds. The van der Waals surface area contributed by atoms with Gasteiger partial charge in [-0.1, -0.05) is 39.0 Å². The minimum Gasteiger partial charge on any atom is -0.478 e. The molecule has 1 N–H and O–H groups in total. The molecule has 0 radical (unpaired) electrons. The molecule has 0 unspecified atom stereocenters. The number of carboxylic acid groups (broad SMARTS) is 1. The highest BCUT2D eigenvalue weighted by Gasteiger charge is 2.02. The van der Waals surface area contributed by atoms with E-state index >= 15 is 0 Å². The maximum atomic E-state index is 10.5. The first-order valence-electron chi connectivity index (χ1n) is 5.57. The zero-order valence-electron chi connectivity index (χ0n) is 10.0. The third kappa shape index (κ3) is 3.54. The zero-order valence-corrected chi connectivity index (χ0v) is 10.0. The van der Waals surface area contributed by atoms with Crippen LogP contribution in [-0.4, -0.2) is 11.1 Å². The summed E-state index contributed by atoms with van der Waals surface area (Å²) >= 11 is 0. The highest BCUT2D eigenvalue weighted by molar-refractivity contribution is 5.85. The molecular weight excluding hydrogens is 200 g/mol. The average molecular weight is 218 g/mol. The molecule has 16 heavy (non-hydrogen) atoms. The van der Waals surface area contributed by atoms with Gasteiger partial charge in [0, 0.05) is 6.08 Å². The van der Waals surface area contributed by atoms with Gasteiger partial charge in [-0.25, -0.2) is 4.79 Å². The lowest BCUT2D eigenvalue weighted by Gasteiger charge is -2.09. The molecule has 0 saturated carbocycles. The smallest absolute Gasteiger partial charge is 0.328 e. The van der Waals surface area contributed by atoms with Crippen molar-refractivity contribution in [3.8, 4) is 0 Å². The molecule has 0 saturated heterocycles. The highest BCUT2D eigenvalue weighted by Crippen LogP contribution is 2.19. The zero-order chi connectivity index (χ0) is 12.1. The van der Waals surface area contributed by atoms with Crippen molar-refractivity contribution in [1.29, 1.82) is 0 Å². The third-order valence-electron chi connectivity index (χ3n) is 2.53. The molecule has 0 spiro atoms.